The smallest absolute Gasteiger partial charge is 0.264 e. The number of nitrogens with zero attached hydrogens (tertiary/aromatic N) is 4. The first-order chi connectivity index (χ1) is 16.1. The number of fused-ring (bicyclic) bond motifs is 1. The summed E-state index contributed by atoms with van der Waals surface area (Å²) in [5.41, 5.74) is 2.15. The van der Waals surface area contributed by atoms with Gasteiger partial charge in [0.05, 0.1) is 16.9 Å². The van der Waals surface area contributed by atoms with Gasteiger partial charge in [-0.2, -0.15) is 0 Å². The SMILES string of the molecule is COCC(C)Nc1ncnc2sc(C(=O)N3CCN(CC=Cc4ccccc4)CC3)c(C)c12. The lowest BCUT2D eigenvalue weighted by Crippen LogP contribution is -2.48. The largest absolute Gasteiger partial charge is 0.383 e. The highest BCUT2D eigenvalue weighted by Crippen LogP contribution is 2.34. The summed E-state index contributed by atoms with van der Waals surface area (Å²) in [4.78, 5) is 28.1. The zero-order valence-electron chi connectivity index (χ0n) is 19.5. The van der Waals surface area contributed by atoms with Crippen LogP contribution in [0.15, 0.2) is 42.7 Å². The Balaban J connectivity index is 1.40. The van der Waals surface area contributed by atoms with Crippen molar-refractivity contribution in [3.8, 4) is 0 Å². The maximum atomic E-state index is 13.3. The molecule has 0 spiro atoms. The van der Waals surface area contributed by atoms with Gasteiger partial charge in [0.2, 0.25) is 0 Å². The molecule has 1 N–H and O–H groups in total. The fourth-order valence-corrected chi connectivity index (χ4v) is 5.21. The van der Waals surface area contributed by atoms with Crippen molar-refractivity contribution >= 4 is 39.4 Å². The molecule has 1 aliphatic rings. The van der Waals surface area contributed by atoms with Crippen LogP contribution in [0.25, 0.3) is 16.3 Å². The van der Waals surface area contributed by atoms with Gasteiger partial charge in [-0.25, -0.2) is 9.97 Å². The molecule has 1 atom stereocenters. The molecule has 174 valence electrons. The molecule has 1 fully saturated rings. The molecule has 2 aromatic heterocycles. The molecule has 7 nitrogen and oxygen atoms in total. The van der Waals surface area contributed by atoms with Crippen molar-refractivity contribution in [2.45, 2.75) is 19.9 Å². The zero-order chi connectivity index (χ0) is 23.2. The van der Waals surface area contributed by atoms with Gasteiger partial charge in [-0.05, 0) is 25.0 Å². The number of aromatic nitrogens is 2. The fraction of sp³-hybridized carbons (Fsp3) is 0.400. The van der Waals surface area contributed by atoms with Gasteiger partial charge in [0.15, 0.2) is 0 Å². The highest BCUT2D eigenvalue weighted by molar-refractivity contribution is 7.20. The molecule has 0 aliphatic carbocycles. The lowest BCUT2D eigenvalue weighted by Gasteiger charge is -2.34. The number of carbonyl (C=O) groups is 1. The van der Waals surface area contributed by atoms with Crippen molar-refractivity contribution in [2.75, 3.05) is 51.8 Å². The number of methoxy groups -OCH3 is 1. The molecule has 3 aromatic rings. The van der Waals surface area contributed by atoms with Gasteiger partial charge < -0.3 is 15.0 Å². The molecular formula is C25H31N5O2S. The third-order valence-electron chi connectivity index (χ3n) is 5.85. The third kappa shape index (κ3) is 5.58. The molecule has 1 amide bonds. The minimum Gasteiger partial charge on any atom is -0.383 e. The Hall–Kier alpha value is -2.81. The summed E-state index contributed by atoms with van der Waals surface area (Å²) in [5.74, 6) is 0.846. The number of thiophene rings is 1. The molecule has 3 heterocycles. The van der Waals surface area contributed by atoms with Crippen molar-refractivity contribution < 1.29 is 9.53 Å². The number of hydrogen-bond donors (Lipinski definition) is 1. The number of amides is 1. The molecule has 33 heavy (non-hydrogen) atoms. The maximum Gasteiger partial charge on any atom is 0.264 e. The second-order valence-electron chi connectivity index (χ2n) is 8.37. The van der Waals surface area contributed by atoms with E-state index in [1.54, 1.807) is 13.4 Å². The van der Waals surface area contributed by atoms with Crippen LogP contribution in [0.3, 0.4) is 0 Å². The van der Waals surface area contributed by atoms with Crippen LogP contribution in [-0.4, -0.2) is 78.2 Å². The number of aryl methyl sites for hydroxylation is 1. The van der Waals surface area contributed by atoms with E-state index in [1.807, 2.05) is 36.9 Å². The van der Waals surface area contributed by atoms with Crippen LogP contribution in [0.1, 0.15) is 27.7 Å². The van der Waals surface area contributed by atoms with Gasteiger partial charge in [0, 0.05) is 45.9 Å². The summed E-state index contributed by atoms with van der Waals surface area (Å²) in [6.07, 6.45) is 5.90. The van der Waals surface area contributed by atoms with Crippen molar-refractivity contribution in [2.24, 2.45) is 0 Å². The first-order valence-corrected chi connectivity index (χ1v) is 12.1. The lowest BCUT2D eigenvalue weighted by atomic mass is 10.1. The number of rotatable bonds is 8. The van der Waals surface area contributed by atoms with E-state index in [0.29, 0.717) is 6.61 Å². The van der Waals surface area contributed by atoms with Gasteiger partial charge in [-0.1, -0.05) is 42.5 Å². The van der Waals surface area contributed by atoms with E-state index in [9.17, 15) is 4.79 Å². The molecule has 4 rings (SSSR count). The number of carbonyl (C=O) groups excluding carboxylic acids is 1. The highest BCUT2D eigenvalue weighted by atomic mass is 32.1. The van der Waals surface area contributed by atoms with Crippen LogP contribution in [0.5, 0.6) is 0 Å². The standard InChI is InChI=1S/C25H31N5O2S/c1-18(16-32-3)28-23-21-19(2)22(33-24(21)27-17-26-23)25(31)30-14-12-29(13-15-30)11-7-10-20-8-5-4-6-9-20/h4-10,17-18H,11-16H2,1-3H3,(H,26,27,28). The molecule has 1 unspecified atom stereocenters. The number of hydrogen-bond acceptors (Lipinski definition) is 7. The Bertz CT molecular complexity index is 1110. The average molecular weight is 466 g/mol. The summed E-state index contributed by atoms with van der Waals surface area (Å²) in [6.45, 7) is 8.70. The van der Waals surface area contributed by atoms with Crippen LogP contribution in [0, 0.1) is 6.92 Å². The summed E-state index contributed by atoms with van der Waals surface area (Å²) >= 11 is 1.45. The van der Waals surface area contributed by atoms with Gasteiger partial charge in [-0.3, -0.25) is 9.69 Å². The van der Waals surface area contributed by atoms with Crippen LogP contribution in [0.2, 0.25) is 0 Å². The minimum atomic E-state index is 0.0888. The van der Waals surface area contributed by atoms with Crippen molar-refractivity contribution in [3.63, 3.8) is 0 Å². The van der Waals surface area contributed by atoms with Crippen LogP contribution < -0.4 is 5.32 Å². The number of piperazine rings is 1. The number of benzene rings is 1. The quantitative estimate of drug-likeness (QED) is 0.544. The number of nitrogens with one attached hydrogen (secondary N) is 1. The fourth-order valence-electron chi connectivity index (χ4n) is 4.09. The molecule has 1 saturated heterocycles. The van der Waals surface area contributed by atoms with E-state index >= 15 is 0 Å². The summed E-state index contributed by atoms with van der Waals surface area (Å²) < 4.78 is 5.22. The molecule has 1 aliphatic heterocycles. The first-order valence-electron chi connectivity index (χ1n) is 11.3. The molecule has 8 heteroatoms. The molecule has 0 radical (unpaired) electrons. The van der Waals surface area contributed by atoms with Gasteiger partial charge in [0.1, 0.15) is 17.0 Å². The molecule has 0 bridgehead atoms. The zero-order valence-corrected chi connectivity index (χ0v) is 20.3. The van der Waals surface area contributed by atoms with E-state index in [0.717, 1.165) is 59.2 Å². The molecule has 1 aromatic carbocycles. The van der Waals surface area contributed by atoms with E-state index in [2.05, 4.69) is 44.5 Å². The predicted molar refractivity (Wildman–Crippen MR) is 135 cm³/mol. The predicted octanol–water partition coefficient (Wildman–Crippen LogP) is 3.92. The molecular weight excluding hydrogens is 434 g/mol. The van der Waals surface area contributed by atoms with E-state index in [4.69, 9.17) is 4.74 Å². The van der Waals surface area contributed by atoms with Gasteiger partial charge in [-0.15, -0.1) is 11.3 Å². The van der Waals surface area contributed by atoms with E-state index in [-0.39, 0.29) is 11.9 Å². The Morgan fingerprint density at radius 1 is 1.21 bits per heavy atom. The van der Waals surface area contributed by atoms with Gasteiger partial charge in [0.25, 0.3) is 5.91 Å². The van der Waals surface area contributed by atoms with Crippen LogP contribution in [-0.2, 0) is 4.74 Å². The monoisotopic (exact) mass is 465 g/mol. The van der Waals surface area contributed by atoms with Gasteiger partial charge >= 0.3 is 0 Å². The third-order valence-corrected chi connectivity index (χ3v) is 7.04. The summed E-state index contributed by atoms with van der Waals surface area (Å²) in [6, 6.07) is 10.4. The van der Waals surface area contributed by atoms with E-state index in [1.165, 1.54) is 16.9 Å². The van der Waals surface area contributed by atoms with E-state index < -0.39 is 0 Å². The number of anilines is 1. The molecule has 0 saturated carbocycles. The Morgan fingerprint density at radius 2 is 1.97 bits per heavy atom. The summed E-state index contributed by atoms with van der Waals surface area (Å²) in [5, 5.41) is 4.32. The number of ether oxygens (including phenoxy) is 1. The van der Waals surface area contributed by atoms with Crippen molar-refractivity contribution in [1.82, 2.24) is 19.8 Å². The normalized spacial score (nSPS) is 15.9. The maximum absolute atomic E-state index is 13.3. The minimum absolute atomic E-state index is 0.0888. The lowest BCUT2D eigenvalue weighted by molar-refractivity contribution is 0.0654. The Morgan fingerprint density at radius 3 is 2.70 bits per heavy atom. The second-order valence-corrected chi connectivity index (χ2v) is 9.36. The summed E-state index contributed by atoms with van der Waals surface area (Å²) in [7, 11) is 1.68. The van der Waals surface area contributed by atoms with Crippen molar-refractivity contribution in [1.29, 1.82) is 0 Å². The average Bonchev–Trinajstić information content (AvgIpc) is 3.17. The van der Waals surface area contributed by atoms with Crippen molar-refractivity contribution in [3.05, 3.63) is 58.7 Å². The highest BCUT2D eigenvalue weighted by Gasteiger charge is 2.26. The van der Waals surface area contributed by atoms with Crippen LogP contribution >= 0.6 is 11.3 Å². The second kappa shape index (κ2) is 10.9. The van der Waals surface area contributed by atoms with Crippen LogP contribution in [0.4, 0.5) is 5.82 Å². The first kappa shape index (κ1) is 23.4. The Labute approximate surface area is 199 Å². The Kier molecular flexibility index (Phi) is 7.69. The topological polar surface area (TPSA) is 70.6 Å².